The minimum absolute atomic E-state index is 0.0922. The van der Waals surface area contributed by atoms with Crippen molar-refractivity contribution in [2.24, 2.45) is 5.73 Å². The van der Waals surface area contributed by atoms with Crippen LogP contribution in [0.3, 0.4) is 0 Å². The number of hydrogen-bond acceptors (Lipinski definition) is 6. The maximum atomic E-state index is 12.2. The van der Waals surface area contributed by atoms with Crippen LogP contribution in [0.2, 0.25) is 0 Å². The molecular weight excluding hydrogens is 402 g/mol. The molecule has 166 valence electrons. The largest absolute Gasteiger partial charge is 0.497 e. The molecule has 9 nitrogen and oxygen atoms in total. The van der Waals surface area contributed by atoms with E-state index in [-0.39, 0.29) is 26.0 Å². The molecule has 0 aliphatic heterocycles. The molecule has 0 bridgehead atoms. The van der Waals surface area contributed by atoms with Crippen LogP contribution in [0.5, 0.6) is 5.75 Å². The van der Waals surface area contributed by atoms with Gasteiger partial charge in [-0.2, -0.15) is 0 Å². The van der Waals surface area contributed by atoms with Gasteiger partial charge in [0.2, 0.25) is 11.8 Å². The summed E-state index contributed by atoms with van der Waals surface area (Å²) < 4.78 is 10.1. The second-order valence-corrected chi connectivity index (χ2v) is 6.88. The van der Waals surface area contributed by atoms with Crippen molar-refractivity contribution in [1.82, 2.24) is 10.6 Å². The van der Waals surface area contributed by atoms with Gasteiger partial charge in [-0.3, -0.25) is 9.59 Å². The van der Waals surface area contributed by atoms with E-state index in [9.17, 15) is 19.5 Å². The molecule has 9 heteroatoms. The van der Waals surface area contributed by atoms with Crippen molar-refractivity contribution in [3.63, 3.8) is 0 Å². The minimum atomic E-state index is -1.15. The fourth-order valence-electron chi connectivity index (χ4n) is 2.73. The summed E-state index contributed by atoms with van der Waals surface area (Å²) in [6.07, 6.45) is -1.98. The molecule has 0 aliphatic rings. The van der Waals surface area contributed by atoms with Crippen molar-refractivity contribution in [2.75, 3.05) is 13.7 Å². The number of methoxy groups -OCH3 is 1. The molecule has 2 atom stereocenters. The zero-order chi connectivity index (χ0) is 22.6. The van der Waals surface area contributed by atoms with Crippen molar-refractivity contribution < 1.29 is 29.0 Å². The van der Waals surface area contributed by atoms with Crippen LogP contribution in [-0.4, -0.2) is 48.8 Å². The zero-order valence-electron chi connectivity index (χ0n) is 17.2. The van der Waals surface area contributed by atoms with Gasteiger partial charge in [-0.25, -0.2) is 4.79 Å². The summed E-state index contributed by atoms with van der Waals surface area (Å²) in [6, 6.07) is 15.2. The summed E-state index contributed by atoms with van der Waals surface area (Å²) in [6.45, 7) is -0.0876. The topological polar surface area (TPSA) is 140 Å². The van der Waals surface area contributed by atoms with E-state index in [1.54, 1.807) is 31.4 Å². The highest BCUT2D eigenvalue weighted by atomic mass is 16.5. The number of rotatable bonds is 11. The van der Waals surface area contributed by atoms with Crippen LogP contribution in [0.15, 0.2) is 54.6 Å². The number of ether oxygens (including phenoxy) is 2. The molecule has 0 saturated heterocycles. The molecule has 5 N–H and O–H groups in total. The summed E-state index contributed by atoms with van der Waals surface area (Å²) in [4.78, 5) is 35.6. The number of nitrogens with two attached hydrogens (primary N) is 1. The van der Waals surface area contributed by atoms with Gasteiger partial charge in [0.1, 0.15) is 18.4 Å². The van der Waals surface area contributed by atoms with Crippen LogP contribution < -0.4 is 21.1 Å². The molecule has 0 aliphatic carbocycles. The lowest BCUT2D eigenvalue weighted by molar-refractivity contribution is -0.128. The third kappa shape index (κ3) is 8.75. The second kappa shape index (κ2) is 12.2. The number of carbonyl (C=O) groups excluding carboxylic acids is 3. The lowest BCUT2D eigenvalue weighted by Gasteiger charge is -2.17. The van der Waals surface area contributed by atoms with Crippen LogP contribution in [0, 0.1) is 0 Å². The Labute approximate surface area is 180 Å². The van der Waals surface area contributed by atoms with E-state index in [1.807, 2.05) is 30.3 Å². The monoisotopic (exact) mass is 429 g/mol. The number of nitrogens with one attached hydrogen (secondary N) is 2. The van der Waals surface area contributed by atoms with Crippen molar-refractivity contribution in [3.8, 4) is 5.75 Å². The minimum Gasteiger partial charge on any atom is -0.497 e. The number of hydrogen-bond donors (Lipinski definition) is 4. The normalized spacial score (nSPS) is 12.3. The smallest absolute Gasteiger partial charge is 0.407 e. The van der Waals surface area contributed by atoms with Crippen molar-refractivity contribution >= 4 is 17.9 Å². The average molecular weight is 429 g/mol. The molecule has 0 aromatic heterocycles. The van der Waals surface area contributed by atoms with Crippen molar-refractivity contribution in [2.45, 2.75) is 31.6 Å². The fourth-order valence-corrected chi connectivity index (χ4v) is 2.73. The predicted octanol–water partition coefficient (Wildman–Crippen LogP) is 0.885. The lowest BCUT2D eigenvalue weighted by Crippen LogP contribution is -2.47. The Morgan fingerprint density at radius 2 is 1.71 bits per heavy atom. The summed E-state index contributed by atoms with van der Waals surface area (Å²) in [5, 5.41) is 14.9. The van der Waals surface area contributed by atoms with Gasteiger partial charge in [-0.15, -0.1) is 0 Å². The van der Waals surface area contributed by atoms with E-state index in [4.69, 9.17) is 15.2 Å². The molecule has 0 heterocycles. The standard InChI is InChI=1S/C22H27N3O6/c1-30-18-9-7-15(8-10-18)11-19(21(23)28)25-20(27)12-17(26)13-24-22(29)31-14-16-5-3-2-4-6-16/h2-10,17,19,26H,11-14H2,1H3,(H2,23,28)(H,24,29)(H,25,27)/t17-,19+/m0/s1. The number of benzene rings is 2. The van der Waals surface area contributed by atoms with E-state index in [1.165, 1.54) is 0 Å². The van der Waals surface area contributed by atoms with Crippen LogP contribution >= 0.6 is 0 Å². The van der Waals surface area contributed by atoms with E-state index < -0.39 is 30.1 Å². The number of carbonyl (C=O) groups is 3. The first-order valence-corrected chi connectivity index (χ1v) is 9.71. The first kappa shape index (κ1) is 23.7. The molecule has 0 spiro atoms. The zero-order valence-corrected chi connectivity index (χ0v) is 17.2. The molecule has 2 aromatic carbocycles. The van der Waals surface area contributed by atoms with Gasteiger partial charge < -0.3 is 30.9 Å². The first-order chi connectivity index (χ1) is 14.9. The van der Waals surface area contributed by atoms with Gasteiger partial charge >= 0.3 is 6.09 Å². The highest BCUT2D eigenvalue weighted by molar-refractivity contribution is 5.87. The van der Waals surface area contributed by atoms with Gasteiger partial charge in [0.25, 0.3) is 0 Å². The summed E-state index contributed by atoms with van der Waals surface area (Å²) in [7, 11) is 1.55. The maximum absolute atomic E-state index is 12.2. The Balaban J connectivity index is 1.74. The third-order valence-electron chi connectivity index (χ3n) is 4.39. The summed E-state index contributed by atoms with van der Waals surface area (Å²) in [5.74, 6) is -0.591. The molecule has 2 aromatic rings. The van der Waals surface area contributed by atoms with Crippen molar-refractivity contribution in [3.05, 3.63) is 65.7 Å². The molecule has 0 radical (unpaired) electrons. The van der Waals surface area contributed by atoms with E-state index in [0.717, 1.165) is 11.1 Å². The maximum Gasteiger partial charge on any atom is 0.407 e. The van der Waals surface area contributed by atoms with E-state index >= 15 is 0 Å². The third-order valence-corrected chi connectivity index (χ3v) is 4.39. The van der Waals surface area contributed by atoms with Crippen LogP contribution in [0.4, 0.5) is 4.79 Å². The Morgan fingerprint density at radius 3 is 2.32 bits per heavy atom. The summed E-state index contributed by atoms with van der Waals surface area (Å²) in [5.41, 5.74) is 7.00. The highest BCUT2D eigenvalue weighted by Gasteiger charge is 2.21. The second-order valence-electron chi connectivity index (χ2n) is 6.88. The number of amides is 3. The van der Waals surface area contributed by atoms with Crippen LogP contribution in [0.1, 0.15) is 17.5 Å². The highest BCUT2D eigenvalue weighted by Crippen LogP contribution is 2.13. The van der Waals surface area contributed by atoms with Gasteiger partial charge in [0, 0.05) is 13.0 Å². The molecule has 3 amide bonds. The van der Waals surface area contributed by atoms with E-state index in [0.29, 0.717) is 5.75 Å². The SMILES string of the molecule is COc1ccc(C[C@@H](NC(=O)C[C@H](O)CNC(=O)OCc2ccccc2)C(N)=O)cc1. The van der Waals surface area contributed by atoms with Gasteiger partial charge in [0.05, 0.1) is 19.6 Å². The molecular formula is C22H27N3O6. The Hall–Kier alpha value is -3.59. The number of primary amides is 1. The molecule has 2 rings (SSSR count). The number of aliphatic hydroxyl groups is 1. The molecule has 0 fully saturated rings. The molecule has 31 heavy (non-hydrogen) atoms. The quantitative estimate of drug-likeness (QED) is 0.418. The van der Waals surface area contributed by atoms with Crippen molar-refractivity contribution in [1.29, 1.82) is 0 Å². The van der Waals surface area contributed by atoms with Gasteiger partial charge in [-0.1, -0.05) is 42.5 Å². The molecule has 0 saturated carbocycles. The fraction of sp³-hybridized carbons (Fsp3) is 0.318. The summed E-state index contributed by atoms with van der Waals surface area (Å²) >= 11 is 0. The number of alkyl carbamates (subject to hydrolysis) is 1. The first-order valence-electron chi connectivity index (χ1n) is 9.71. The van der Waals surface area contributed by atoms with E-state index in [2.05, 4.69) is 10.6 Å². The van der Waals surface area contributed by atoms with Crippen LogP contribution in [-0.2, 0) is 27.4 Å². The molecule has 0 unspecified atom stereocenters. The van der Waals surface area contributed by atoms with Crippen LogP contribution in [0.25, 0.3) is 0 Å². The Kier molecular flexibility index (Phi) is 9.31. The van der Waals surface area contributed by atoms with Gasteiger partial charge in [-0.05, 0) is 23.3 Å². The lowest BCUT2D eigenvalue weighted by atomic mass is 10.0. The van der Waals surface area contributed by atoms with Gasteiger partial charge in [0.15, 0.2) is 0 Å². The Morgan fingerprint density at radius 1 is 1.03 bits per heavy atom. The predicted molar refractivity (Wildman–Crippen MR) is 113 cm³/mol. The average Bonchev–Trinajstić information content (AvgIpc) is 2.77. The number of aliphatic hydroxyl groups excluding tert-OH is 1. The Bertz CT molecular complexity index is 857.